The summed E-state index contributed by atoms with van der Waals surface area (Å²) in [6.07, 6.45) is 2.34. The minimum absolute atomic E-state index is 0.0614. The third-order valence-electron chi connectivity index (χ3n) is 3.88. The van der Waals surface area contributed by atoms with Gasteiger partial charge in [0.2, 0.25) is 0 Å². The molecule has 3 rings (SSSR count). The van der Waals surface area contributed by atoms with Gasteiger partial charge < -0.3 is 5.11 Å². The molecule has 3 atom stereocenters. The van der Waals surface area contributed by atoms with Gasteiger partial charge in [0.25, 0.3) is 0 Å². The lowest BCUT2D eigenvalue weighted by Gasteiger charge is -2.26. The van der Waals surface area contributed by atoms with Crippen molar-refractivity contribution in [1.82, 2.24) is 4.90 Å². The Bertz CT molecular complexity index is 338. The molecular weight excluding hydrogens is 186 g/mol. The van der Waals surface area contributed by atoms with Gasteiger partial charge in [-0.05, 0) is 24.3 Å². The number of likely N-dealkylation sites (tertiary alicyclic amines) is 1. The first-order valence-corrected chi connectivity index (χ1v) is 5.80. The van der Waals surface area contributed by atoms with Crippen LogP contribution in [0.5, 0.6) is 0 Å². The first-order chi connectivity index (χ1) is 7.34. The Labute approximate surface area is 90.5 Å². The predicted molar refractivity (Wildman–Crippen MR) is 59.4 cm³/mol. The Morgan fingerprint density at radius 2 is 2.00 bits per heavy atom. The molecule has 1 saturated heterocycles. The molecule has 0 spiro atoms. The van der Waals surface area contributed by atoms with Crippen molar-refractivity contribution >= 4 is 0 Å². The number of aliphatic hydroxyl groups excluding tert-OH is 1. The summed E-state index contributed by atoms with van der Waals surface area (Å²) in [6.45, 7) is 2.08. The van der Waals surface area contributed by atoms with E-state index in [0.717, 1.165) is 13.1 Å². The molecule has 0 aromatic heterocycles. The van der Waals surface area contributed by atoms with Gasteiger partial charge in [0.05, 0.1) is 6.10 Å². The third kappa shape index (κ3) is 1.58. The summed E-state index contributed by atoms with van der Waals surface area (Å²) in [5.74, 6) is 0.540. The van der Waals surface area contributed by atoms with E-state index in [4.69, 9.17) is 0 Å². The summed E-state index contributed by atoms with van der Waals surface area (Å²) < 4.78 is 0. The quantitative estimate of drug-likeness (QED) is 0.790. The second-order valence-corrected chi connectivity index (χ2v) is 4.81. The predicted octanol–water partition coefficient (Wildman–Crippen LogP) is 1.64. The normalized spacial score (nSPS) is 34.9. The number of benzene rings is 1. The van der Waals surface area contributed by atoms with Gasteiger partial charge in [-0.2, -0.15) is 0 Å². The molecule has 1 saturated carbocycles. The molecule has 2 aliphatic rings. The maximum absolute atomic E-state index is 9.94. The van der Waals surface area contributed by atoms with E-state index in [1.54, 1.807) is 0 Å². The monoisotopic (exact) mass is 203 g/mol. The van der Waals surface area contributed by atoms with Crippen molar-refractivity contribution in [2.75, 3.05) is 6.54 Å². The van der Waals surface area contributed by atoms with Crippen LogP contribution >= 0.6 is 0 Å². The Kier molecular flexibility index (Phi) is 2.26. The van der Waals surface area contributed by atoms with Crippen LogP contribution < -0.4 is 0 Å². The molecule has 2 heteroatoms. The molecule has 15 heavy (non-hydrogen) atoms. The maximum Gasteiger partial charge on any atom is 0.0735 e. The summed E-state index contributed by atoms with van der Waals surface area (Å²) in [7, 11) is 0. The number of piperidine rings is 1. The van der Waals surface area contributed by atoms with Crippen LogP contribution in [0.15, 0.2) is 30.3 Å². The molecule has 0 radical (unpaired) electrons. The number of hydrogen-bond acceptors (Lipinski definition) is 2. The molecule has 0 amide bonds. The van der Waals surface area contributed by atoms with E-state index in [1.165, 1.54) is 18.4 Å². The standard InChI is InChI=1S/C13H17NO/c15-13-11-6-7-12(13)14(9-11)8-10-4-2-1-3-5-10/h1-5,11-13,15H,6-9H2/t11-,12-,13-/m0/s1. The maximum atomic E-state index is 9.94. The van der Waals surface area contributed by atoms with Crippen LogP contribution in [0.2, 0.25) is 0 Å². The molecular formula is C13H17NO. The average molecular weight is 203 g/mol. The largest absolute Gasteiger partial charge is 0.391 e. The fourth-order valence-corrected chi connectivity index (χ4v) is 3.07. The Hall–Kier alpha value is -0.860. The Morgan fingerprint density at radius 1 is 1.20 bits per heavy atom. The van der Waals surface area contributed by atoms with E-state index in [9.17, 15) is 5.11 Å². The number of aliphatic hydroxyl groups is 1. The summed E-state index contributed by atoms with van der Waals surface area (Å²) in [5, 5.41) is 9.94. The number of rotatable bonds is 2. The van der Waals surface area contributed by atoms with Crippen LogP contribution in [0.4, 0.5) is 0 Å². The molecule has 1 heterocycles. The first kappa shape index (κ1) is 9.37. The molecule has 0 unspecified atom stereocenters. The van der Waals surface area contributed by atoms with E-state index in [-0.39, 0.29) is 6.10 Å². The van der Waals surface area contributed by atoms with Gasteiger partial charge in [-0.25, -0.2) is 0 Å². The highest BCUT2D eigenvalue weighted by atomic mass is 16.3. The molecule has 2 nitrogen and oxygen atoms in total. The third-order valence-corrected chi connectivity index (χ3v) is 3.88. The van der Waals surface area contributed by atoms with Crippen molar-refractivity contribution < 1.29 is 5.11 Å². The Balaban J connectivity index is 1.71. The van der Waals surface area contributed by atoms with Crippen molar-refractivity contribution in [3.8, 4) is 0 Å². The lowest BCUT2D eigenvalue weighted by atomic mass is 10.1. The number of nitrogens with zero attached hydrogens (tertiary/aromatic N) is 1. The second kappa shape index (κ2) is 3.62. The zero-order valence-electron chi connectivity index (χ0n) is 8.84. The topological polar surface area (TPSA) is 23.5 Å². The van der Waals surface area contributed by atoms with Crippen LogP contribution in [0.25, 0.3) is 0 Å². The number of hydrogen-bond donors (Lipinski definition) is 1. The average Bonchev–Trinajstić information content (AvgIpc) is 2.75. The van der Waals surface area contributed by atoms with Gasteiger partial charge in [-0.15, -0.1) is 0 Å². The van der Waals surface area contributed by atoms with E-state index in [1.807, 2.05) is 0 Å². The van der Waals surface area contributed by atoms with Crippen molar-refractivity contribution in [3.05, 3.63) is 35.9 Å². The minimum Gasteiger partial charge on any atom is -0.391 e. The SMILES string of the molecule is O[C@H]1[C@H]2CC[C@@H]1N(Cc1ccccc1)C2. The fraction of sp³-hybridized carbons (Fsp3) is 0.538. The van der Waals surface area contributed by atoms with E-state index in [0.29, 0.717) is 12.0 Å². The van der Waals surface area contributed by atoms with Crippen LogP contribution in [-0.2, 0) is 6.54 Å². The summed E-state index contributed by atoms with van der Waals surface area (Å²) in [6, 6.07) is 11.0. The molecule has 1 aliphatic heterocycles. The smallest absolute Gasteiger partial charge is 0.0735 e. The summed E-state index contributed by atoms with van der Waals surface area (Å²) in [5.41, 5.74) is 1.36. The van der Waals surface area contributed by atoms with E-state index >= 15 is 0 Å². The van der Waals surface area contributed by atoms with E-state index < -0.39 is 0 Å². The zero-order valence-corrected chi connectivity index (χ0v) is 8.84. The summed E-state index contributed by atoms with van der Waals surface area (Å²) in [4.78, 5) is 2.44. The van der Waals surface area contributed by atoms with Crippen LogP contribution in [0.3, 0.4) is 0 Å². The highest BCUT2D eigenvalue weighted by Crippen LogP contribution is 2.38. The lowest BCUT2D eigenvalue weighted by Crippen LogP contribution is -2.33. The minimum atomic E-state index is -0.0614. The van der Waals surface area contributed by atoms with E-state index in [2.05, 4.69) is 35.2 Å². The van der Waals surface area contributed by atoms with Crippen LogP contribution in [-0.4, -0.2) is 28.7 Å². The number of fused-ring (bicyclic) bond motifs is 2. The lowest BCUT2D eigenvalue weighted by molar-refractivity contribution is 0.121. The molecule has 80 valence electrons. The Morgan fingerprint density at radius 3 is 2.60 bits per heavy atom. The van der Waals surface area contributed by atoms with Crippen molar-refractivity contribution in [2.45, 2.75) is 31.5 Å². The highest BCUT2D eigenvalue weighted by molar-refractivity contribution is 5.15. The second-order valence-electron chi connectivity index (χ2n) is 4.81. The van der Waals surface area contributed by atoms with Crippen molar-refractivity contribution in [1.29, 1.82) is 0 Å². The molecule has 2 fully saturated rings. The molecule has 1 aliphatic carbocycles. The highest BCUT2D eigenvalue weighted by Gasteiger charge is 2.45. The first-order valence-electron chi connectivity index (χ1n) is 5.80. The molecule has 2 bridgehead atoms. The fourth-order valence-electron chi connectivity index (χ4n) is 3.07. The van der Waals surface area contributed by atoms with Crippen molar-refractivity contribution in [2.24, 2.45) is 5.92 Å². The van der Waals surface area contributed by atoms with Gasteiger partial charge in [0, 0.05) is 19.1 Å². The van der Waals surface area contributed by atoms with Crippen LogP contribution in [0, 0.1) is 5.92 Å². The zero-order chi connectivity index (χ0) is 10.3. The summed E-state index contributed by atoms with van der Waals surface area (Å²) >= 11 is 0. The van der Waals surface area contributed by atoms with Gasteiger partial charge >= 0.3 is 0 Å². The van der Waals surface area contributed by atoms with Gasteiger partial charge in [0.1, 0.15) is 0 Å². The van der Waals surface area contributed by atoms with Gasteiger partial charge in [-0.3, -0.25) is 4.90 Å². The molecule has 1 N–H and O–H groups in total. The van der Waals surface area contributed by atoms with Crippen LogP contribution in [0.1, 0.15) is 18.4 Å². The molecule has 1 aromatic carbocycles. The van der Waals surface area contributed by atoms with Gasteiger partial charge in [-0.1, -0.05) is 30.3 Å². The molecule has 1 aromatic rings. The van der Waals surface area contributed by atoms with Gasteiger partial charge in [0.15, 0.2) is 0 Å². The van der Waals surface area contributed by atoms with Crippen molar-refractivity contribution in [3.63, 3.8) is 0 Å².